The molecule has 7 heteroatoms. The highest BCUT2D eigenvalue weighted by molar-refractivity contribution is 6.00. The minimum Gasteiger partial charge on any atom is -0.482 e. The Morgan fingerprint density at radius 1 is 1.11 bits per heavy atom. The molecule has 1 unspecified atom stereocenters. The van der Waals surface area contributed by atoms with Crippen molar-refractivity contribution in [2.24, 2.45) is 5.92 Å². The molecular formula is C20H20N2O5. The lowest BCUT2D eigenvalue weighted by atomic mass is 10.1. The molecule has 1 aliphatic rings. The van der Waals surface area contributed by atoms with Gasteiger partial charge in [0.2, 0.25) is 11.8 Å². The first kappa shape index (κ1) is 18.4. The van der Waals surface area contributed by atoms with Crippen molar-refractivity contribution < 1.29 is 24.2 Å². The highest BCUT2D eigenvalue weighted by atomic mass is 16.5. The zero-order chi connectivity index (χ0) is 19.2. The largest absolute Gasteiger partial charge is 0.482 e. The third-order valence-corrected chi connectivity index (χ3v) is 4.32. The fraction of sp³-hybridized carbons (Fsp3) is 0.250. The van der Waals surface area contributed by atoms with Crippen molar-refractivity contribution in [3.05, 3.63) is 60.2 Å². The molecule has 1 aliphatic heterocycles. The molecular weight excluding hydrogens is 348 g/mol. The van der Waals surface area contributed by atoms with Gasteiger partial charge in [0.1, 0.15) is 5.75 Å². The number of nitrogens with one attached hydrogen (secondary N) is 1. The number of carbonyl (C=O) groups excluding carboxylic acids is 2. The first-order chi connectivity index (χ1) is 13.0. The Morgan fingerprint density at radius 3 is 2.48 bits per heavy atom. The van der Waals surface area contributed by atoms with Crippen molar-refractivity contribution >= 4 is 23.5 Å². The normalized spacial score (nSPS) is 16.2. The summed E-state index contributed by atoms with van der Waals surface area (Å²) >= 11 is 0. The van der Waals surface area contributed by atoms with E-state index in [1.165, 1.54) is 0 Å². The van der Waals surface area contributed by atoms with Crippen molar-refractivity contribution in [1.82, 2.24) is 5.32 Å². The molecule has 1 atom stereocenters. The van der Waals surface area contributed by atoms with E-state index in [4.69, 9.17) is 9.84 Å². The summed E-state index contributed by atoms with van der Waals surface area (Å²) in [5, 5.41) is 11.5. The Labute approximate surface area is 156 Å². The average molecular weight is 368 g/mol. The van der Waals surface area contributed by atoms with Gasteiger partial charge in [-0.1, -0.05) is 30.3 Å². The fourth-order valence-electron chi connectivity index (χ4n) is 2.93. The molecule has 3 rings (SSSR count). The number of ether oxygens (including phenoxy) is 1. The van der Waals surface area contributed by atoms with Crippen LogP contribution in [-0.2, 0) is 20.9 Å². The number of carbonyl (C=O) groups is 3. The van der Waals surface area contributed by atoms with Gasteiger partial charge in [0, 0.05) is 25.2 Å². The van der Waals surface area contributed by atoms with E-state index in [1.807, 2.05) is 30.3 Å². The monoisotopic (exact) mass is 368 g/mol. The highest BCUT2D eigenvalue weighted by Crippen LogP contribution is 2.27. The van der Waals surface area contributed by atoms with Crippen LogP contribution < -0.4 is 15.0 Å². The van der Waals surface area contributed by atoms with Crippen molar-refractivity contribution in [2.45, 2.75) is 13.0 Å². The quantitative estimate of drug-likeness (QED) is 0.777. The molecule has 0 aromatic heterocycles. The minimum absolute atomic E-state index is 0.117. The number of aliphatic carboxylic acids is 1. The molecule has 1 saturated heterocycles. The minimum atomic E-state index is -1.06. The van der Waals surface area contributed by atoms with Crippen LogP contribution in [0.15, 0.2) is 54.6 Å². The van der Waals surface area contributed by atoms with Crippen LogP contribution in [-0.4, -0.2) is 36.0 Å². The van der Waals surface area contributed by atoms with E-state index < -0.39 is 18.5 Å². The van der Waals surface area contributed by atoms with Gasteiger partial charge in [0.25, 0.3) is 0 Å². The summed E-state index contributed by atoms with van der Waals surface area (Å²) in [6.45, 7) is 0.320. The van der Waals surface area contributed by atoms with E-state index in [0.29, 0.717) is 24.5 Å². The maximum absolute atomic E-state index is 12.4. The van der Waals surface area contributed by atoms with Crippen LogP contribution in [0.3, 0.4) is 0 Å². The molecule has 2 amide bonds. The number of nitrogens with zero attached hydrogens (tertiary/aromatic N) is 1. The molecule has 0 aliphatic carbocycles. The first-order valence-corrected chi connectivity index (χ1v) is 8.59. The summed E-state index contributed by atoms with van der Waals surface area (Å²) in [5.74, 6) is -1.31. The van der Waals surface area contributed by atoms with Crippen molar-refractivity contribution in [3.8, 4) is 5.75 Å². The zero-order valence-electron chi connectivity index (χ0n) is 14.6. The second kappa shape index (κ2) is 8.35. The number of rotatable bonds is 7. The standard InChI is InChI=1S/C20H20N2O5/c23-18-10-15(20(26)21-11-14-4-2-1-3-5-14)12-22(18)16-6-8-17(9-7-16)27-13-19(24)25/h1-9,15H,10-13H2,(H,21,26)(H,24,25). The Bertz CT molecular complexity index is 820. The van der Waals surface area contributed by atoms with Crippen LogP contribution in [0, 0.1) is 5.92 Å². The van der Waals surface area contributed by atoms with Gasteiger partial charge in [0.05, 0.1) is 5.92 Å². The van der Waals surface area contributed by atoms with Crippen LogP contribution in [0.2, 0.25) is 0 Å². The van der Waals surface area contributed by atoms with Crippen molar-refractivity contribution in [2.75, 3.05) is 18.1 Å². The predicted octanol–water partition coefficient (Wildman–Crippen LogP) is 1.82. The van der Waals surface area contributed by atoms with Crippen molar-refractivity contribution in [3.63, 3.8) is 0 Å². The summed E-state index contributed by atoms with van der Waals surface area (Å²) in [7, 11) is 0. The van der Waals surface area contributed by atoms with Gasteiger partial charge in [0.15, 0.2) is 6.61 Å². The van der Waals surface area contributed by atoms with Crippen LogP contribution in [0.4, 0.5) is 5.69 Å². The molecule has 2 aromatic rings. The molecule has 140 valence electrons. The predicted molar refractivity (Wildman–Crippen MR) is 98.3 cm³/mol. The molecule has 0 radical (unpaired) electrons. The number of benzene rings is 2. The zero-order valence-corrected chi connectivity index (χ0v) is 14.6. The number of carboxylic acids is 1. The third kappa shape index (κ3) is 4.84. The summed E-state index contributed by atoms with van der Waals surface area (Å²) in [4.78, 5) is 36.8. The molecule has 27 heavy (non-hydrogen) atoms. The lowest BCUT2D eigenvalue weighted by Gasteiger charge is -2.17. The highest BCUT2D eigenvalue weighted by Gasteiger charge is 2.34. The van der Waals surface area contributed by atoms with Crippen LogP contribution in [0.5, 0.6) is 5.75 Å². The van der Waals surface area contributed by atoms with E-state index in [0.717, 1.165) is 5.56 Å². The molecule has 0 spiro atoms. The molecule has 0 saturated carbocycles. The van der Waals surface area contributed by atoms with Gasteiger partial charge < -0.3 is 20.1 Å². The van der Waals surface area contributed by atoms with E-state index in [2.05, 4.69) is 5.32 Å². The van der Waals surface area contributed by atoms with E-state index in [-0.39, 0.29) is 18.2 Å². The van der Waals surface area contributed by atoms with Gasteiger partial charge >= 0.3 is 5.97 Å². The van der Waals surface area contributed by atoms with E-state index >= 15 is 0 Å². The van der Waals surface area contributed by atoms with Crippen LogP contribution in [0.1, 0.15) is 12.0 Å². The van der Waals surface area contributed by atoms with E-state index in [9.17, 15) is 14.4 Å². The molecule has 7 nitrogen and oxygen atoms in total. The summed E-state index contributed by atoms with van der Waals surface area (Å²) < 4.78 is 5.08. The first-order valence-electron chi connectivity index (χ1n) is 8.59. The topological polar surface area (TPSA) is 95.9 Å². The van der Waals surface area contributed by atoms with Gasteiger partial charge in [-0.05, 0) is 29.8 Å². The van der Waals surface area contributed by atoms with Gasteiger partial charge in [-0.2, -0.15) is 0 Å². The third-order valence-electron chi connectivity index (χ3n) is 4.32. The Hall–Kier alpha value is -3.35. The number of anilines is 1. The van der Waals surface area contributed by atoms with Gasteiger partial charge in [-0.25, -0.2) is 4.79 Å². The van der Waals surface area contributed by atoms with E-state index in [1.54, 1.807) is 29.2 Å². The lowest BCUT2D eigenvalue weighted by molar-refractivity contribution is -0.139. The molecule has 2 aromatic carbocycles. The summed E-state index contributed by atoms with van der Waals surface area (Å²) in [6, 6.07) is 16.2. The molecule has 1 heterocycles. The second-order valence-electron chi connectivity index (χ2n) is 6.29. The maximum atomic E-state index is 12.4. The van der Waals surface area contributed by atoms with Crippen LogP contribution in [0.25, 0.3) is 0 Å². The summed E-state index contributed by atoms with van der Waals surface area (Å²) in [5.41, 5.74) is 1.66. The Balaban J connectivity index is 1.56. The number of amides is 2. The Morgan fingerprint density at radius 2 is 1.81 bits per heavy atom. The average Bonchev–Trinajstić information content (AvgIpc) is 3.07. The van der Waals surface area contributed by atoms with Gasteiger partial charge in [-0.15, -0.1) is 0 Å². The summed E-state index contributed by atoms with van der Waals surface area (Å²) in [6.07, 6.45) is 0.165. The SMILES string of the molecule is O=C(O)COc1ccc(N2CC(C(=O)NCc3ccccc3)CC2=O)cc1. The van der Waals surface area contributed by atoms with Crippen LogP contribution >= 0.6 is 0 Å². The number of carboxylic acid groups (broad SMARTS) is 1. The molecule has 1 fully saturated rings. The number of hydrogen-bond donors (Lipinski definition) is 2. The molecule has 2 N–H and O–H groups in total. The maximum Gasteiger partial charge on any atom is 0.341 e. The second-order valence-corrected chi connectivity index (χ2v) is 6.29. The van der Waals surface area contributed by atoms with Gasteiger partial charge in [-0.3, -0.25) is 9.59 Å². The van der Waals surface area contributed by atoms with Crippen molar-refractivity contribution in [1.29, 1.82) is 0 Å². The smallest absolute Gasteiger partial charge is 0.341 e. The number of hydrogen-bond acceptors (Lipinski definition) is 4. The lowest BCUT2D eigenvalue weighted by Crippen LogP contribution is -2.32. The Kier molecular flexibility index (Phi) is 5.71. The molecule has 0 bridgehead atoms. The fourth-order valence-corrected chi connectivity index (χ4v) is 2.93.